The van der Waals surface area contributed by atoms with Crippen LogP contribution in [0.1, 0.15) is 0 Å². The molecule has 0 nitrogen and oxygen atoms in total. The molecule has 1 heteroatoms. The Hall–Kier alpha value is -6.54. The summed E-state index contributed by atoms with van der Waals surface area (Å²) in [5.74, 6) is 0. The third-order valence-electron chi connectivity index (χ3n) is 11.6. The van der Waals surface area contributed by atoms with Gasteiger partial charge in [-0.2, -0.15) is 0 Å². The highest BCUT2D eigenvalue weighted by atomic mass is 32.1. The maximum atomic E-state index is 2.43. The molecule has 11 aromatic rings. The van der Waals surface area contributed by atoms with Gasteiger partial charge in [-0.15, -0.1) is 11.3 Å². The first-order valence-electron chi connectivity index (χ1n) is 18.4. The largest absolute Gasteiger partial charge is 0.135 e. The summed E-state index contributed by atoms with van der Waals surface area (Å²) in [6.45, 7) is 0. The van der Waals surface area contributed by atoms with Gasteiger partial charge >= 0.3 is 0 Å². The molecule has 0 atom stereocenters. The smallest absolute Gasteiger partial charge is 0.0434 e. The standard InChI is InChI=1S/C52H30S/c1-3-17-33-31(13-1)15-9-22-37(33)48-40-20-5-6-21-41(40)49(38-23-10-16-32-14-2-4-18-34(32)38)51-45-30-29-35(39-24-11-27-44(47(39)45)50(48)51)42-25-12-26-43-36-19-7-8-28-46(36)53-52(42)43/h1-30H. The predicted molar refractivity (Wildman–Crippen MR) is 230 cm³/mol. The minimum Gasteiger partial charge on any atom is -0.135 e. The Morgan fingerprint density at radius 2 is 0.679 bits per heavy atom. The molecule has 0 saturated heterocycles. The summed E-state index contributed by atoms with van der Waals surface area (Å²) in [6.07, 6.45) is 0. The van der Waals surface area contributed by atoms with Crippen LogP contribution in [0.3, 0.4) is 0 Å². The maximum absolute atomic E-state index is 2.43. The number of fused-ring (bicyclic) bond motifs is 9. The second-order valence-corrected chi connectivity index (χ2v) is 15.3. The molecule has 1 heterocycles. The molecule has 0 saturated carbocycles. The van der Waals surface area contributed by atoms with Gasteiger partial charge in [0, 0.05) is 25.7 Å². The van der Waals surface area contributed by atoms with E-state index in [-0.39, 0.29) is 0 Å². The van der Waals surface area contributed by atoms with Crippen molar-refractivity contribution in [2.45, 2.75) is 0 Å². The lowest BCUT2D eigenvalue weighted by atomic mass is 9.81. The van der Waals surface area contributed by atoms with Gasteiger partial charge in [0.05, 0.1) is 0 Å². The number of hydrogen-bond donors (Lipinski definition) is 0. The van der Waals surface area contributed by atoms with Gasteiger partial charge in [-0.1, -0.05) is 176 Å². The zero-order valence-electron chi connectivity index (χ0n) is 28.7. The molecule has 53 heavy (non-hydrogen) atoms. The van der Waals surface area contributed by atoms with Crippen molar-refractivity contribution in [3.63, 3.8) is 0 Å². The molecule has 0 fully saturated rings. The lowest BCUT2D eigenvalue weighted by Crippen LogP contribution is -1.94. The van der Waals surface area contributed by atoms with E-state index in [0.29, 0.717) is 0 Å². The maximum Gasteiger partial charge on any atom is 0.0434 e. The van der Waals surface area contributed by atoms with E-state index in [1.807, 2.05) is 11.3 Å². The minimum absolute atomic E-state index is 1.26. The number of rotatable bonds is 3. The van der Waals surface area contributed by atoms with Gasteiger partial charge < -0.3 is 0 Å². The molecule has 0 bridgehead atoms. The minimum atomic E-state index is 1.26. The molecular weight excluding hydrogens is 657 g/mol. The first-order valence-corrected chi connectivity index (χ1v) is 19.2. The SMILES string of the molecule is c1ccc2c(-c3c4c(c(-c5cccc6ccccc56)c5ccccc35)-c3ccc(-c5cccc6c5sc5ccccc56)c5cccc-4c35)cccc2c1. The summed E-state index contributed by atoms with van der Waals surface area (Å²) < 4.78 is 2.68. The lowest BCUT2D eigenvalue weighted by Gasteiger charge is -2.22. The number of hydrogen-bond acceptors (Lipinski definition) is 1. The third-order valence-corrected chi connectivity index (χ3v) is 12.8. The number of benzene rings is 10. The van der Waals surface area contributed by atoms with E-state index in [2.05, 4.69) is 182 Å². The van der Waals surface area contributed by atoms with Gasteiger partial charge in [0.2, 0.25) is 0 Å². The van der Waals surface area contributed by atoms with Gasteiger partial charge in [0.25, 0.3) is 0 Å². The van der Waals surface area contributed by atoms with Crippen LogP contribution in [-0.4, -0.2) is 0 Å². The fourth-order valence-electron chi connectivity index (χ4n) is 9.44. The van der Waals surface area contributed by atoms with Crippen LogP contribution < -0.4 is 0 Å². The van der Waals surface area contributed by atoms with E-state index in [4.69, 9.17) is 0 Å². The second-order valence-electron chi connectivity index (χ2n) is 14.3. The summed E-state index contributed by atoms with van der Waals surface area (Å²) in [4.78, 5) is 0. The Morgan fingerprint density at radius 3 is 1.34 bits per heavy atom. The quantitative estimate of drug-likeness (QED) is 0.174. The van der Waals surface area contributed by atoms with Crippen LogP contribution in [0.5, 0.6) is 0 Å². The molecule has 12 rings (SSSR count). The molecule has 0 unspecified atom stereocenters. The van der Waals surface area contributed by atoms with Crippen molar-refractivity contribution in [1.82, 2.24) is 0 Å². The van der Waals surface area contributed by atoms with Crippen LogP contribution in [0.4, 0.5) is 0 Å². The molecule has 0 radical (unpaired) electrons. The van der Waals surface area contributed by atoms with E-state index < -0.39 is 0 Å². The molecule has 0 amide bonds. The van der Waals surface area contributed by atoms with Crippen LogP contribution in [0.15, 0.2) is 182 Å². The zero-order valence-corrected chi connectivity index (χ0v) is 29.5. The molecular formula is C52H30S. The van der Waals surface area contributed by atoms with Gasteiger partial charge in [-0.25, -0.2) is 0 Å². The first-order chi connectivity index (χ1) is 26.3. The van der Waals surface area contributed by atoms with Gasteiger partial charge in [0.15, 0.2) is 0 Å². The normalized spacial score (nSPS) is 12.2. The molecule has 0 N–H and O–H groups in total. The van der Waals surface area contributed by atoms with Crippen molar-refractivity contribution in [2.75, 3.05) is 0 Å². The fraction of sp³-hybridized carbons (Fsp3) is 0. The Bertz CT molecular complexity index is 3200. The van der Waals surface area contributed by atoms with Crippen LogP contribution >= 0.6 is 11.3 Å². The highest BCUT2D eigenvalue weighted by Crippen LogP contribution is 2.59. The van der Waals surface area contributed by atoms with E-state index in [9.17, 15) is 0 Å². The van der Waals surface area contributed by atoms with Gasteiger partial charge in [-0.05, 0) is 99.2 Å². The van der Waals surface area contributed by atoms with Crippen molar-refractivity contribution in [2.24, 2.45) is 0 Å². The average Bonchev–Trinajstić information content (AvgIpc) is 3.77. The Kier molecular flexibility index (Phi) is 6.03. The summed E-state index contributed by atoms with van der Waals surface area (Å²) in [5, 5.41) is 12.9. The number of thiophene rings is 1. The fourth-order valence-corrected chi connectivity index (χ4v) is 10.7. The second kappa shape index (κ2) is 11.0. The molecule has 1 aromatic heterocycles. The zero-order chi connectivity index (χ0) is 34.6. The van der Waals surface area contributed by atoms with Gasteiger partial charge in [-0.3, -0.25) is 0 Å². The highest BCUT2D eigenvalue weighted by molar-refractivity contribution is 7.26. The van der Waals surface area contributed by atoms with E-state index >= 15 is 0 Å². The van der Waals surface area contributed by atoms with E-state index in [0.717, 1.165) is 0 Å². The molecule has 1 aliphatic carbocycles. The summed E-state index contributed by atoms with van der Waals surface area (Å²) >= 11 is 1.91. The van der Waals surface area contributed by atoms with E-state index in [1.54, 1.807) is 0 Å². The van der Waals surface area contributed by atoms with Gasteiger partial charge in [0.1, 0.15) is 0 Å². The Morgan fingerprint density at radius 1 is 0.245 bits per heavy atom. The first kappa shape index (κ1) is 29.1. The van der Waals surface area contributed by atoms with Crippen molar-refractivity contribution in [1.29, 1.82) is 0 Å². The molecule has 10 aromatic carbocycles. The van der Waals surface area contributed by atoms with E-state index in [1.165, 1.54) is 119 Å². The van der Waals surface area contributed by atoms with Crippen LogP contribution in [-0.2, 0) is 0 Å². The summed E-state index contributed by atoms with van der Waals surface area (Å²) in [7, 11) is 0. The van der Waals surface area contributed by atoms with Crippen molar-refractivity contribution >= 4 is 74.6 Å². The molecule has 1 aliphatic rings. The average molecular weight is 687 g/mol. The monoisotopic (exact) mass is 686 g/mol. The van der Waals surface area contributed by atoms with Crippen LogP contribution in [0.25, 0.3) is 119 Å². The van der Waals surface area contributed by atoms with Crippen molar-refractivity contribution in [3.05, 3.63) is 182 Å². The molecule has 244 valence electrons. The van der Waals surface area contributed by atoms with Crippen molar-refractivity contribution < 1.29 is 0 Å². The lowest BCUT2D eigenvalue weighted by molar-refractivity contribution is 1.65. The topological polar surface area (TPSA) is 0 Å². The molecule has 0 spiro atoms. The van der Waals surface area contributed by atoms with Crippen LogP contribution in [0, 0.1) is 0 Å². The van der Waals surface area contributed by atoms with Crippen molar-refractivity contribution in [3.8, 4) is 55.6 Å². The summed E-state index contributed by atoms with van der Waals surface area (Å²) in [5.41, 5.74) is 13.1. The van der Waals surface area contributed by atoms with Crippen LogP contribution in [0.2, 0.25) is 0 Å². The molecule has 0 aliphatic heterocycles. The predicted octanol–water partition coefficient (Wildman–Crippen LogP) is 15.3. The third kappa shape index (κ3) is 4.00. The highest BCUT2D eigenvalue weighted by Gasteiger charge is 2.32. The Labute approximate surface area is 310 Å². The summed E-state index contributed by atoms with van der Waals surface area (Å²) in [6, 6.07) is 67.9. The Balaban J connectivity index is 1.26.